The van der Waals surface area contributed by atoms with Gasteiger partial charge in [0.25, 0.3) is 0 Å². The van der Waals surface area contributed by atoms with Gasteiger partial charge in [0.15, 0.2) is 0 Å². The Morgan fingerprint density at radius 1 is 1.25 bits per heavy atom. The maximum Gasteiger partial charge on any atom is 0.126 e. The summed E-state index contributed by atoms with van der Waals surface area (Å²) in [6.07, 6.45) is 1.03. The quantitative estimate of drug-likeness (QED) is 0.830. The number of benzene rings is 1. The Balaban J connectivity index is 1.95. The van der Waals surface area contributed by atoms with Crippen molar-refractivity contribution >= 4 is 0 Å². The van der Waals surface area contributed by atoms with Crippen molar-refractivity contribution in [1.82, 2.24) is 5.32 Å². The van der Waals surface area contributed by atoms with E-state index in [1.165, 1.54) is 12.1 Å². The normalized spacial score (nSPS) is 23.8. The fourth-order valence-electron chi connectivity index (χ4n) is 2.06. The molecule has 1 N–H and O–H groups in total. The third-order valence-electron chi connectivity index (χ3n) is 3.02. The van der Waals surface area contributed by atoms with Gasteiger partial charge in [0.2, 0.25) is 0 Å². The maximum atomic E-state index is 13.0. The lowest BCUT2D eigenvalue weighted by Crippen LogP contribution is -2.25. The molecule has 1 nitrogen and oxygen atoms in total. The molecular formula is C13H17F2N. The Hall–Kier alpha value is -0.960. The molecule has 0 heterocycles. The highest BCUT2D eigenvalue weighted by atomic mass is 19.1. The molecule has 0 spiro atoms. The van der Waals surface area contributed by atoms with Gasteiger partial charge in [-0.1, -0.05) is 13.8 Å². The molecule has 0 bridgehead atoms. The van der Waals surface area contributed by atoms with E-state index in [1.54, 1.807) is 0 Å². The van der Waals surface area contributed by atoms with Gasteiger partial charge in [-0.25, -0.2) is 8.78 Å². The van der Waals surface area contributed by atoms with Gasteiger partial charge >= 0.3 is 0 Å². The Morgan fingerprint density at radius 2 is 1.88 bits per heavy atom. The molecule has 0 aliphatic heterocycles. The number of rotatable bonds is 4. The summed E-state index contributed by atoms with van der Waals surface area (Å²) in [5.74, 6) is -0.0880. The number of hydrogen-bond donors (Lipinski definition) is 1. The van der Waals surface area contributed by atoms with Crippen LogP contribution in [0.3, 0.4) is 0 Å². The van der Waals surface area contributed by atoms with Crippen LogP contribution in [-0.4, -0.2) is 12.6 Å². The molecule has 88 valence electrons. The van der Waals surface area contributed by atoms with Crippen LogP contribution in [0, 0.1) is 17.6 Å². The zero-order valence-corrected chi connectivity index (χ0v) is 9.63. The third-order valence-corrected chi connectivity index (χ3v) is 3.02. The van der Waals surface area contributed by atoms with E-state index in [4.69, 9.17) is 0 Å². The highest BCUT2D eigenvalue weighted by Crippen LogP contribution is 2.47. The molecule has 3 heteroatoms. The standard InChI is InChI=1S/C13H17F2N/c1-8(2)16-7-10-5-13(10)9-3-11(14)6-12(15)4-9/h3-4,6,8,10,13,16H,5,7H2,1-2H3. The van der Waals surface area contributed by atoms with Crippen LogP contribution in [-0.2, 0) is 0 Å². The SMILES string of the molecule is CC(C)NCC1CC1c1cc(F)cc(F)c1. The lowest BCUT2D eigenvalue weighted by atomic mass is 10.1. The lowest BCUT2D eigenvalue weighted by molar-refractivity contribution is 0.551. The summed E-state index contributed by atoms with van der Waals surface area (Å²) in [6, 6.07) is 4.28. The Kier molecular flexibility index (Phi) is 3.24. The third kappa shape index (κ3) is 2.79. The molecule has 2 rings (SSSR count). The predicted octanol–water partition coefficient (Wildman–Crippen LogP) is 3.07. The second kappa shape index (κ2) is 4.50. The first-order valence-electron chi connectivity index (χ1n) is 5.75. The molecule has 1 aliphatic carbocycles. The van der Waals surface area contributed by atoms with Crippen molar-refractivity contribution in [2.24, 2.45) is 5.92 Å². The van der Waals surface area contributed by atoms with Gasteiger partial charge in [-0.15, -0.1) is 0 Å². The second-order valence-corrected chi connectivity index (χ2v) is 4.87. The molecule has 1 fully saturated rings. The topological polar surface area (TPSA) is 12.0 Å². The number of halogens is 2. The fraction of sp³-hybridized carbons (Fsp3) is 0.538. The van der Waals surface area contributed by atoms with Crippen LogP contribution < -0.4 is 5.32 Å². The molecule has 1 aliphatic rings. The van der Waals surface area contributed by atoms with Gasteiger partial charge < -0.3 is 5.32 Å². The fourth-order valence-corrected chi connectivity index (χ4v) is 2.06. The van der Waals surface area contributed by atoms with Crippen molar-refractivity contribution in [2.45, 2.75) is 32.2 Å². The van der Waals surface area contributed by atoms with E-state index in [9.17, 15) is 8.78 Å². The summed E-state index contributed by atoms with van der Waals surface area (Å²) in [7, 11) is 0. The molecule has 1 saturated carbocycles. The van der Waals surface area contributed by atoms with Crippen molar-refractivity contribution in [3.05, 3.63) is 35.4 Å². The van der Waals surface area contributed by atoms with Gasteiger partial charge in [0.05, 0.1) is 0 Å². The van der Waals surface area contributed by atoms with E-state index in [-0.39, 0.29) is 0 Å². The molecule has 0 saturated heterocycles. The van der Waals surface area contributed by atoms with Gasteiger partial charge in [-0.2, -0.15) is 0 Å². The predicted molar refractivity (Wildman–Crippen MR) is 60.3 cm³/mol. The average molecular weight is 225 g/mol. The first-order valence-corrected chi connectivity index (χ1v) is 5.75. The minimum absolute atomic E-state index is 0.330. The molecule has 1 aromatic carbocycles. The van der Waals surface area contributed by atoms with E-state index < -0.39 is 11.6 Å². The number of hydrogen-bond acceptors (Lipinski definition) is 1. The highest BCUT2D eigenvalue weighted by molar-refractivity contribution is 5.27. The van der Waals surface area contributed by atoms with Gasteiger partial charge in [0.1, 0.15) is 11.6 Å². The van der Waals surface area contributed by atoms with Crippen LogP contribution >= 0.6 is 0 Å². The average Bonchev–Trinajstić information content (AvgIpc) is 2.92. The zero-order valence-electron chi connectivity index (χ0n) is 9.63. The smallest absolute Gasteiger partial charge is 0.126 e. The highest BCUT2D eigenvalue weighted by Gasteiger charge is 2.38. The van der Waals surface area contributed by atoms with Gasteiger partial charge in [-0.05, 0) is 42.5 Å². The first kappa shape index (κ1) is 11.5. The van der Waals surface area contributed by atoms with E-state index in [0.717, 1.165) is 24.6 Å². The van der Waals surface area contributed by atoms with Crippen molar-refractivity contribution < 1.29 is 8.78 Å². The molecule has 0 radical (unpaired) electrons. The van der Waals surface area contributed by atoms with Gasteiger partial charge in [0, 0.05) is 12.1 Å². The molecule has 1 aromatic rings. The molecule has 0 aromatic heterocycles. The van der Waals surface area contributed by atoms with Crippen LogP contribution in [0.1, 0.15) is 31.7 Å². The minimum Gasteiger partial charge on any atom is -0.314 e. The molecule has 2 atom stereocenters. The summed E-state index contributed by atoms with van der Waals surface area (Å²) < 4.78 is 26.0. The summed E-state index contributed by atoms with van der Waals surface area (Å²) in [6.45, 7) is 5.12. The van der Waals surface area contributed by atoms with Crippen molar-refractivity contribution in [1.29, 1.82) is 0 Å². The Bertz CT molecular complexity index is 356. The Labute approximate surface area is 94.9 Å². The van der Waals surface area contributed by atoms with Crippen LogP contribution in [0.5, 0.6) is 0 Å². The van der Waals surface area contributed by atoms with Crippen LogP contribution in [0.2, 0.25) is 0 Å². The molecule has 16 heavy (non-hydrogen) atoms. The summed E-state index contributed by atoms with van der Waals surface area (Å²) in [4.78, 5) is 0. The minimum atomic E-state index is -0.475. The Morgan fingerprint density at radius 3 is 2.44 bits per heavy atom. The van der Waals surface area contributed by atoms with Crippen LogP contribution in [0.4, 0.5) is 8.78 Å². The molecule has 2 unspecified atom stereocenters. The van der Waals surface area contributed by atoms with Crippen molar-refractivity contribution in [2.75, 3.05) is 6.54 Å². The van der Waals surface area contributed by atoms with E-state index in [2.05, 4.69) is 19.2 Å². The monoisotopic (exact) mass is 225 g/mol. The van der Waals surface area contributed by atoms with Crippen LogP contribution in [0.15, 0.2) is 18.2 Å². The van der Waals surface area contributed by atoms with Gasteiger partial charge in [-0.3, -0.25) is 0 Å². The van der Waals surface area contributed by atoms with E-state index in [0.29, 0.717) is 17.9 Å². The van der Waals surface area contributed by atoms with E-state index >= 15 is 0 Å². The summed E-state index contributed by atoms with van der Waals surface area (Å²) in [5, 5.41) is 3.35. The largest absolute Gasteiger partial charge is 0.314 e. The molecular weight excluding hydrogens is 208 g/mol. The number of nitrogens with one attached hydrogen (secondary N) is 1. The van der Waals surface area contributed by atoms with Crippen molar-refractivity contribution in [3.8, 4) is 0 Å². The van der Waals surface area contributed by atoms with Crippen LogP contribution in [0.25, 0.3) is 0 Å². The van der Waals surface area contributed by atoms with Crippen molar-refractivity contribution in [3.63, 3.8) is 0 Å². The second-order valence-electron chi connectivity index (χ2n) is 4.87. The molecule has 0 amide bonds. The zero-order chi connectivity index (χ0) is 11.7. The van der Waals surface area contributed by atoms with E-state index in [1.807, 2.05) is 0 Å². The lowest BCUT2D eigenvalue weighted by Gasteiger charge is -2.07. The summed E-state index contributed by atoms with van der Waals surface area (Å²) in [5.41, 5.74) is 0.799. The summed E-state index contributed by atoms with van der Waals surface area (Å²) >= 11 is 0. The maximum absolute atomic E-state index is 13.0. The first-order chi connectivity index (χ1) is 7.56.